The van der Waals surface area contributed by atoms with Crippen LogP contribution in [0, 0.1) is 6.92 Å². The van der Waals surface area contributed by atoms with E-state index in [1.54, 1.807) is 18.3 Å². The zero-order chi connectivity index (χ0) is 14.8. The molecular formula is C15H19N3O2. The third kappa shape index (κ3) is 3.60. The van der Waals surface area contributed by atoms with Crippen LogP contribution in [0.3, 0.4) is 0 Å². The number of anilines is 1. The Morgan fingerprint density at radius 3 is 2.55 bits per heavy atom. The van der Waals surface area contributed by atoms with Gasteiger partial charge in [-0.2, -0.15) is 4.98 Å². The molecule has 2 rings (SSSR count). The molecule has 5 nitrogen and oxygen atoms in total. The van der Waals surface area contributed by atoms with E-state index < -0.39 is 0 Å². The summed E-state index contributed by atoms with van der Waals surface area (Å²) in [4.78, 5) is 8.46. The Hall–Kier alpha value is -2.30. The molecule has 0 bridgehead atoms. The average Bonchev–Trinajstić information content (AvgIpc) is 2.34. The molecule has 0 spiro atoms. The summed E-state index contributed by atoms with van der Waals surface area (Å²) in [6.07, 6.45) is 1.72. The Kier molecular flexibility index (Phi) is 3.79. The lowest BCUT2D eigenvalue weighted by Gasteiger charge is -2.21. The van der Waals surface area contributed by atoms with Gasteiger partial charge in [-0.3, -0.25) is 4.98 Å². The van der Waals surface area contributed by atoms with E-state index in [1.165, 1.54) is 0 Å². The number of aromatic nitrogens is 2. The molecule has 0 aliphatic heterocycles. The highest BCUT2D eigenvalue weighted by molar-refractivity contribution is 5.50. The van der Waals surface area contributed by atoms with Gasteiger partial charge in [-0.25, -0.2) is 0 Å². The molecule has 0 amide bonds. The van der Waals surface area contributed by atoms with Crippen molar-refractivity contribution < 1.29 is 9.47 Å². The molecule has 0 fully saturated rings. The van der Waals surface area contributed by atoms with Gasteiger partial charge < -0.3 is 15.2 Å². The number of nitrogens with zero attached hydrogens (tertiary/aromatic N) is 2. The van der Waals surface area contributed by atoms with Crippen LogP contribution in [0.1, 0.15) is 26.5 Å². The lowest BCUT2D eigenvalue weighted by molar-refractivity contribution is 0.124. The fraction of sp³-hybridized carbons (Fsp3) is 0.333. The number of rotatable bonds is 3. The Balaban J connectivity index is 2.26. The highest BCUT2D eigenvalue weighted by atomic mass is 16.5. The maximum atomic E-state index is 5.86. The van der Waals surface area contributed by atoms with Crippen molar-refractivity contribution in [2.45, 2.75) is 33.3 Å². The van der Waals surface area contributed by atoms with E-state index in [4.69, 9.17) is 15.2 Å². The largest absolute Gasteiger partial charge is 0.470 e. The van der Waals surface area contributed by atoms with E-state index in [1.807, 2.05) is 39.8 Å². The Labute approximate surface area is 118 Å². The first-order valence-electron chi connectivity index (χ1n) is 6.40. The van der Waals surface area contributed by atoms with E-state index in [0.717, 1.165) is 5.69 Å². The SMILES string of the molecule is Cc1ncccc1Oc1ccc(N)c(OC(C)(C)C)n1. The van der Waals surface area contributed by atoms with Gasteiger partial charge in [0.2, 0.25) is 11.8 Å². The molecule has 2 heterocycles. The van der Waals surface area contributed by atoms with Crippen LogP contribution < -0.4 is 15.2 Å². The van der Waals surface area contributed by atoms with Gasteiger partial charge in [-0.05, 0) is 45.9 Å². The monoisotopic (exact) mass is 273 g/mol. The molecule has 106 valence electrons. The maximum Gasteiger partial charge on any atom is 0.241 e. The molecular weight excluding hydrogens is 254 g/mol. The Morgan fingerprint density at radius 1 is 1.15 bits per heavy atom. The van der Waals surface area contributed by atoms with Crippen LogP contribution in [0.2, 0.25) is 0 Å². The number of nitrogen functional groups attached to an aromatic ring is 1. The van der Waals surface area contributed by atoms with Crippen molar-refractivity contribution in [1.82, 2.24) is 9.97 Å². The van der Waals surface area contributed by atoms with E-state index >= 15 is 0 Å². The zero-order valence-electron chi connectivity index (χ0n) is 12.2. The Bertz CT molecular complexity index is 606. The summed E-state index contributed by atoms with van der Waals surface area (Å²) < 4.78 is 11.4. The van der Waals surface area contributed by atoms with Gasteiger partial charge in [0.15, 0.2) is 5.75 Å². The molecule has 2 N–H and O–H groups in total. The summed E-state index contributed by atoms with van der Waals surface area (Å²) in [5.41, 5.74) is 6.77. The molecule has 0 aliphatic carbocycles. The van der Waals surface area contributed by atoms with Crippen LogP contribution in [0.4, 0.5) is 5.69 Å². The second-order valence-electron chi connectivity index (χ2n) is 5.45. The summed E-state index contributed by atoms with van der Waals surface area (Å²) in [7, 11) is 0. The van der Waals surface area contributed by atoms with Gasteiger partial charge in [0, 0.05) is 12.3 Å². The smallest absolute Gasteiger partial charge is 0.241 e. The van der Waals surface area contributed by atoms with Crippen molar-refractivity contribution in [3.8, 4) is 17.5 Å². The van der Waals surface area contributed by atoms with Crippen molar-refractivity contribution in [1.29, 1.82) is 0 Å². The predicted octanol–water partition coefficient (Wildman–Crippen LogP) is 3.34. The van der Waals surface area contributed by atoms with Gasteiger partial charge in [-0.1, -0.05) is 0 Å². The molecule has 0 radical (unpaired) electrons. The Morgan fingerprint density at radius 2 is 1.90 bits per heavy atom. The third-order valence-electron chi connectivity index (χ3n) is 2.44. The van der Waals surface area contributed by atoms with Gasteiger partial charge >= 0.3 is 0 Å². The zero-order valence-corrected chi connectivity index (χ0v) is 12.2. The van der Waals surface area contributed by atoms with Crippen molar-refractivity contribution in [3.63, 3.8) is 0 Å². The first kappa shape index (κ1) is 14.1. The number of aryl methyl sites for hydroxylation is 1. The van der Waals surface area contributed by atoms with E-state index in [-0.39, 0.29) is 5.60 Å². The first-order valence-corrected chi connectivity index (χ1v) is 6.40. The van der Waals surface area contributed by atoms with Crippen LogP contribution in [0.15, 0.2) is 30.5 Å². The summed E-state index contributed by atoms with van der Waals surface area (Å²) in [5.74, 6) is 1.46. The second kappa shape index (κ2) is 5.36. The molecule has 20 heavy (non-hydrogen) atoms. The van der Waals surface area contributed by atoms with Gasteiger partial charge in [-0.15, -0.1) is 0 Å². The highest BCUT2D eigenvalue weighted by Crippen LogP contribution is 2.28. The number of hydrogen-bond acceptors (Lipinski definition) is 5. The number of ether oxygens (including phenoxy) is 2. The standard InChI is InChI=1S/C15H19N3O2/c1-10-12(6-5-9-17-10)19-13-8-7-11(16)14(18-13)20-15(2,3)4/h5-9H,16H2,1-4H3. The van der Waals surface area contributed by atoms with Crippen LogP contribution >= 0.6 is 0 Å². The van der Waals surface area contributed by atoms with Gasteiger partial charge in [0.1, 0.15) is 5.60 Å². The third-order valence-corrected chi connectivity index (χ3v) is 2.44. The van der Waals surface area contributed by atoms with Gasteiger partial charge in [0.25, 0.3) is 0 Å². The predicted molar refractivity (Wildman–Crippen MR) is 78.1 cm³/mol. The summed E-state index contributed by atoms with van der Waals surface area (Å²) >= 11 is 0. The normalized spacial score (nSPS) is 11.2. The minimum Gasteiger partial charge on any atom is -0.470 e. The second-order valence-corrected chi connectivity index (χ2v) is 5.45. The fourth-order valence-corrected chi connectivity index (χ4v) is 1.55. The molecule has 2 aromatic heterocycles. The highest BCUT2D eigenvalue weighted by Gasteiger charge is 2.16. The van der Waals surface area contributed by atoms with Crippen LogP contribution in [-0.2, 0) is 0 Å². The molecule has 0 atom stereocenters. The van der Waals surface area contributed by atoms with Crippen LogP contribution in [0.5, 0.6) is 17.5 Å². The minimum absolute atomic E-state index is 0.371. The molecule has 0 aromatic carbocycles. The number of nitrogens with two attached hydrogens (primary N) is 1. The molecule has 2 aromatic rings. The minimum atomic E-state index is -0.371. The molecule has 0 aliphatic rings. The quantitative estimate of drug-likeness (QED) is 0.928. The molecule has 0 saturated heterocycles. The summed E-state index contributed by atoms with van der Waals surface area (Å²) in [6.45, 7) is 7.69. The van der Waals surface area contributed by atoms with Crippen molar-refractivity contribution in [3.05, 3.63) is 36.2 Å². The first-order chi connectivity index (χ1) is 9.35. The van der Waals surface area contributed by atoms with Crippen molar-refractivity contribution >= 4 is 5.69 Å². The maximum absolute atomic E-state index is 5.86. The molecule has 0 unspecified atom stereocenters. The van der Waals surface area contributed by atoms with Crippen molar-refractivity contribution in [2.75, 3.05) is 5.73 Å². The van der Waals surface area contributed by atoms with Crippen molar-refractivity contribution in [2.24, 2.45) is 0 Å². The summed E-state index contributed by atoms with van der Waals surface area (Å²) in [5, 5.41) is 0. The summed E-state index contributed by atoms with van der Waals surface area (Å²) in [6, 6.07) is 7.07. The topological polar surface area (TPSA) is 70.3 Å². The van der Waals surface area contributed by atoms with Crippen LogP contribution in [0.25, 0.3) is 0 Å². The molecule has 5 heteroatoms. The van der Waals surface area contributed by atoms with E-state index in [9.17, 15) is 0 Å². The average molecular weight is 273 g/mol. The van der Waals surface area contributed by atoms with E-state index in [2.05, 4.69) is 9.97 Å². The lowest BCUT2D eigenvalue weighted by atomic mass is 10.2. The lowest BCUT2D eigenvalue weighted by Crippen LogP contribution is -2.24. The number of hydrogen-bond donors (Lipinski definition) is 1. The van der Waals surface area contributed by atoms with E-state index in [0.29, 0.717) is 23.2 Å². The number of pyridine rings is 2. The van der Waals surface area contributed by atoms with Gasteiger partial charge in [0.05, 0.1) is 11.4 Å². The van der Waals surface area contributed by atoms with Crippen LogP contribution in [-0.4, -0.2) is 15.6 Å². The molecule has 0 saturated carbocycles. The fourth-order valence-electron chi connectivity index (χ4n) is 1.55.